The van der Waals surface area contributed by atoms with Crippen LogP contribution in [0.2, 0.25) is 0 Å². The summed E-state index contributed by atoms with van der Waals surface area (Å²) < 4.78 is 17.2. The molecule has 0 heterocycles. The minimum atomic E-state index is -1.86. The zero-order valence-corrected chi connectivity index (χ0v) is 18.1. The third-order valence-corrected chi connectivity index (χ3v) is 5.80. The highest BCUT2D eigenvalue weighted by Crippen LogP contribution is 2.58. The summed E-state index contributed by atoms with van der Waals surface area (Å²) in [6.45, 7) is 22.9. The lowest BCUT2D eigenvalue weighted by atomic mass is 9.55. The van der Waals surface area contributed by atoms with E-state index in [4.69, 9.17) is 14.2 Å². The van der Waals surface area contributed by atoms with Gasteiger partial charge in [-0.25, -0.2) is 14.4 Å². The average Bonchev–Trinajstić information content (AvgIpc) is 2.55. The van der Waals surface area contributed by atoms with Crippen LogP contribution in [0.3, 0.4) is 0 Å². The summed E-state index contributed by atoms with van der Waals surface area (Å²) in [6.07, 6.45) is -0.0145. The summed E-state index contributed by atoms with van der Waals surface area (Å²) in [5, 5.41) is 0. The molecule has 1 aliphatic rings. The fraction of sp³-hybridized carbons (Fsp3) is 0.591. The normalized spacial score (nSPS) is 21.8. The second kappa shape index (κ2) is 7.94. The first-order chi connectivity index (χ1) is 12.6. The number of carbonyl (C=O) groups excluding carboxylic acids is 3. The molecule has 0 bridgehead atoms. The topological polar surface area (TPSA) is 78.9 Å². The van der Waals surface area contributed by atoms with Crippen molar-refractivity contribution in [2.45, 2.75) is 73.2 Å². The molecule has 1 saturated carbocycles. The minimum absolute atomic E-state index is 0.134. The highest BCUT2D eigenvalue weighted by atomic mass is 16.8. The van der Waals surface area contributed by atoms with E-state index in [1.54, 1.807) is 0 Å². The molecule has 0 N–H and O–H groups in total. The first-order valence-electron chi connectivity index (χ1n) is 9.23. The molecule has 156 valence electrons. The maximum atomic E-state index is 12.5. The summed E-state index contributed by atoms with van der Waals surface area (Å²) >= 11 is 0. The molecule has 0 radical (unpaired) electrons. The molecular weight excluding hydrogens is 360 g/mol. The van der Waals surface area contributed by atoms with Crippen molar-refractivity contribution < 1.29 is 28.6 Å². The van der Waals surface area contributed by atoms with Crippen LogP contribution in [0.4, 0.5) is 0 Å². The van der Waals surface area contributed by atoms with E-state index in [0.29, 0.717) is 12.8 Å². The van der Waals surface area contributed by atoms with Gasteiger partial charge < -0.3 is 14.2 Å². The van der Waals surface area contributed by atoms with Gasteiger partial charge in [0.05, 0.1) is 5.41 Å². The summed E-state index contributed by atoms with van der Waals surface area (Å²) in [7, 11) is 0. The van der Waals surface area contributed by atoms with Crippen LogP contribution in [0.1, 0.15) is 61.3 Å². The van der Waals surface area contributed by atoms with Gasteiger partial charge in [0.15, 0.2) is 6.10 Å². The van der Waals surface area contributed by atoms with Crippen LogP contribution in [0.5, 0.6) is 0 Å². The van der Waals surface area contributed by atoms with Crippen LogP contribution in [-0.2, 0) is 28.6 Å². The van der Waals surface area contributed by atoms with Gasteiger partial charge in [-0.15, -0.1) is 0 Å². The van der Waals surface area contributed by atoms with E-state index >= 15 is 0 Å². The average molecular weight is 392 g/mol. The van der Waals surface area contributed by atoms with Crippen molar-refractivity contribution in [2.75, 3.05) is 0 Å². The van der Waals surface area contributed by atoms with E-state index in [-0.39, 0.29) is 16.7 Å². The van der Waals surface area contributed by atoms with Crippen LogP contribution in [0, 0.1) is 10.8 Å². The molecular formula is C22H32O6. The third kappa shape index (κ3) is 4.21. The summed E-state index contributed by atoms with van der Waals surface area (Å²) in [6, 6.07) is 0. The molecule has 0 aromatic heterocycles. The van der Waals surface area contributed by atoms with Crippen molar-refractivity contribution in [3.63, 3.8) is 0 Å². The van der Waals surface area contributed by atoms with Gasteiger partial charge in [0.1, 0.15) is 0 Å². The largest absolute Gasteiger partial charge is 0.451 e. The first kappa shape index (κ1) is 23.7. The van der Waals surface area contributed by atoms with E-state index in [0.717, 1.165) is 0 Å². The van der Waals surface area contributed by atoms with Crippen LogP contribution in [-0.4, -0.2) is 29.8 Å². The Balaban J connectivity index is 3.65. The number of carbonyl (C=O) groups is 3. The highest BCUT2D eigenvalue weighted by Gasteiger charge is 2.67. The molecule has 0 amide bonds. The van der Waals surface area contributed by atoms with Crippen LogP contribution in [0.25, 0.3) is 0 Å². The van der Waals surface area contributed by atoms with Gasteiger partial charge in [0.2, 0.25) is 0 Å². The van der Waals surface area contributed by atoms with E-state index in [1.165, 1.54) is 20.8 Å². The minimum Gasteiger partial charge on any atom is -0.451 e. The maximum Gasteiger partial charge on any atom is 0.336 e. The highest BCUT2D eigenvalue weighted by molar-refractivity contribution is 5.90. The van der Waals surface area contributed by atoms with Crippen molar-refractivity contribution in [1.29, 1.82) is 0 Å². The Kier molecular flexibility index (Phi) is 6.71. The molecule has 1 fully saturated rings. The molecule has 1 aliphatic carbocycles. The summed E-state index contributed by atoms with van der Waals surface area (Å²) in [5.74, 6) is -3.98. The second-order valence-electron chi connectivity index (χ2n) is 8.73. The number of rotatable bonds is 6. The van der Waals surface area contributed by atoms with Crippen LogP contribution < -0.4 is 0 Å². The lowest BCUT2D eigenvalue weighted by molar-refractivity contribution is -0.335. The van der Waals surface area contributed by atoms with Gasteiger partial charge in [-0.3, -0.25) is 0 Å². The molecule has 1 atom stereocenters. The molecule has 1 unspecified atom stereocenters. The zero-order valence-electron chi connectivity index (χ0n) is 18.1. The predicted octanol–water partition coefficient (Wildman–Crippen LogP) is 4.26. The first-order valence-corrected chi connectivity index (χ1v) is 9.23. The SMILES string of the molecule is C=C(C)C(=O)OC1CCC(C)(C)C(C)(C)C1(OC(=O)C(=C)C)OC(=O)C(=C)C. The van der Waals surface area contributed by atoms with Crippen molar-refractivity contribution in [1.82, 2.24) is 0 Å². The molecule has 6 nitrogen and oxygen atoms in total. The molecule has 0 aromatic carbocycles. The number of ether oxygens (including phenoxy) is 3. The number of esters is 3. The smallest absolute Gasteiger partial charge is 0.336 e. The van der Waals surface area contributed by atoms with Crippen LogP contribution in [0.15, 0.2) is 36.5 Å². The summed E-state index contributed by atoms with van der Waals surface area (Å²) in [5.41, 5.74) is -0.864. The van der Waals surface area contributed by atoms with Gasteiger partial charge in [0.25, 0.3) is 5.79 Å². The zero-order chi connectivity index (χ0) is 22.1. The Bertz CT molecular complexity index is 697. The van der Waals surface area contributed by atoms with Crippen molar-refractivity contribution in [3.8, 4) is 0 Å². The standard InChI is InChI=1S/C22H32O6/c1-13(2)17(23)26-16-11-12-20(7,8)21(9,10)22(16,27-18(24)14(3)4)28-19(25)15(5)6/h16H,1,3,5,11-12H2,2,4,6-10H3. The fourth-order valence-electron chi connectivity index (χ4n) is 3.09. The fourth-order valence-corrected chi connectivity index (χ4v) is 3.09. The lowest BCUT2D eigenvalue weighted by Gasteiger charge is -2.58. The van der Waals surface area contributed by atoms with Gasteiger partial charge in [-0.2, -0.15) is 0 Å². The van der Waals surface area contributed by atoms with Crippen molar-refractivity contribution >= 4 is 17.9 Å². The summed E-state index contributed by atoms with van der Waals surface area (Å²) in [4.78, 5) is 37.3. The molecule has 0 aliphatic heterocycles. The van der Waals surface area contributed by atoms with Gasteiger partial charge >= 0.3 is 17.9 Å². The molecule has 0 spiro atoms. The Labute approximate surface area is 167 Å². The third-order valence-electron chi connectivity index (χ3n) is 5.80. The second-order valence-corrected chi connectivity index (χ2v) is 8.73. The predicted molar refractivity (Wildman–Crippen MR) is 106 cm³/mol. The molecule has 1 rings (SSSR count). The van der Waals surface area contributed by atoms with Crippen LogP contribution >= 0.6 is 0 Å². The Hall–Kier alpha value is -2.37. The van der Waals surface area contributed by atoms with Crippen molar-refractivity contribution in [3.05, 3.63) is 36.5 Å². The Morgan fingerprint density at radius 1 is 0.786 bits per heavy atom. The lowest BCUT2D eigenvalue weighted by Crippen LogP contribution is -2.67. The maximum absolute atomic E-state index is 12.5. The van der Waals surface area contributed by atoms with E-state index in [1.807, 2.05) is 27.7 Å². The Morgan fingerprint density at radius 3 is 1.54 bits per heavy atom. The van der Waals surface area contributed by atoms with Gasteiger partial charge in [-0.05, 0) is 39.0 Å². The molecule has 0 aromatic rings. The van der Waals surface area contributed by atoms with E-state index < -0.39 is 40.6 Å². The van der Waals surface area contributed by atoms with Gasteiger partial charge in [-0.1, -0.05) is 47.4 Å². The Morgan fingerprint density at radius 2 is 1.18 bits per heavy atom. The van der Waals surface area contributed by atoms with E-state index in [2.05, 4.69) is 19.7 Å². The number of hydrogen-bond acceptors (Lipinski definition) is 6. The monoisotopic (exact) mass is 392 g/mol. The van der Waals surface area contributed by atoms with Gasteiger partial charge in [0, 0.05) is 16.7 Å². The quantitative estimate of drug-likeness (QED) is 0.382. The van der Waals surface area contributed by atoms with Crippen molar-refractivity contribution in [2.24, 2.45) is 10.8 Å². The molecule has 6 heteroatoms. The number of hydrogen-bond donors (Lipinski definition) is 0. The van der Waals surface area contributed by atoms with E-state index in [9.17, 15) is 14.4 Å². The molecule has 28 heavy (non-hydrogen) atoms. The molecule has 0 saturated heterocycles.